The molecule has 0 unspecified atom stereocenters. The van der Waals surface area contributed by atoms with Crippen LogP contribution in [0.4, 0.5) is 0 Å². The molecule has 0 radical (unpaired) electrons. The molecule has 0 saturated heterocycles. The Morgan fingerprint density at radius 2 is 1.95 bits per heavy atom. The second-order valence-corrected chi connectivity index (χ2v) is 5.68. The number of carbonyl (C=O) groups is 1. The highest BCUT2D eigenvalue weighted by molar-refractivity contribution is 6.42. The van der Waals surface area contributed by atoms with E-state index in [0.717, 1.165) is 5.56 Å². The van der Waals surface area contributed by atoms with E-state index >= 15 is 0 Å². The average Bonchev–Trinajstić information content (AvgIpc) is 2.88. The van der Waals surface area contributed by atoms with Gasteiger partial charge in [0, 0.05) is 19.3 Å². The predicted octanol–water partition coefficient (Wildman–Crippen LogP) is 3.61. The Balaban J connectivity index is 2.18. The van der Waals surface area contributed by atoms with Gasteiger partial charge in [0.2, 0.25) is 0 Å². The second kappa shape index (κ2) is 7.18. The number of aromatic amines is 1. The van der Waals surface area contributed by atoms with Crippen LogP contribution < -0.4 is 0 Å². The van der Waals surface area contributed by atoms with Crippen molar-refractivity contribution in [3.05, 3.63) is 56.8 Å². The molecule has 21 heavy (non-hydrogen) atoms. The van der Waals surface area contributed by atoms with Crippen LogP contribution >= 0.6 is 34.8 Å². The van der Waals surface area contributed by atoms with Gasteiger partial charge in [0.1, 0.15) is 5.69 Å². The van der Waals surface area contributed by atoms with Crippen LogP contribution in [-0.2, 0) is 6.54 Å². The number of carbonyl (C=O) groups excluding carboxylic acids is 1. The zero-order valence-corrected chi connectivity index (χ0v) is 13.2. The van der Waals surface area contributed by atoms with Crippen molar-refractivity contribution in [2.24, 2.45) is 0 Å². The average molecular weight is 348 g/mol. The van der Waals surface area contributed by atoms with E-state index in [0.29, 0.717) is 27.3 Å². The van der Waals surface area contributed by atoms with Crippen molar-refractivity contribution in [2.75, 3.05) is 13.2 Å². The molecule has 0 aliphatic carbocycles. The Morgan fingerprint density at radius 3 is 2.52 bits per heavy atom. The fourth-order valence-corrected chi connectivity index (χ4v) is 2.38. The Kier molecular flexibility index (Phi) is 5.53. The minimum absolute atomic E-state index is 0.137. The van der Waals surface area contributed by atoms with Crippen molar-refractivity contribution in [1.82, 2.24) is 9.88 Å². The number of nitrogens with zero attached hydrogens (tertiary/aromatic N) is 1. The van der Waals surface area contributed by atoms with E-state index in [9.17, 15) is 4.79 Å². The molecule has 0 aliphatic heterocycles. The zero-order valence-electron chi connectivity index (χ0n) is 10.9. The standard InChI is InChI=1S/C14H13Cl3N2O2/c15-10-6-13(18-7-10)14(21)19(3-4-20)8-9-1-2-11(16)12(17)5-9/h1-2,5-7,18,20H,3-4,8H2. The molecule has 1 aromatic carbocycles. The van der Waals surface area contributed by atoms with Crippen molar-refractivity contribution < 1.29 is 9.90 Å². The van der Waals surface area contributed by atoms with Crippen LogP contribution in [0, 0.1) is 0 Å². The molecular weight excluding hydrogens is 335 g/mol. The topological polar surface area (TPSA) is 56.3 Å². The van der Waals surface area contributed by atoms with Gasteiger partial charge in [-0.25, -0.2) is 0 Å². The second-order valence-electron chi connectivity index (χ2n) is 4.43. The summed E-state index contributed by atoms with van der Waals surface area (Å²) in [5.41, 5.74) is 1.19. The lowest BCUT2D eigenvalue weighted by Crippen LogP contribution is -2.33. The predicted molar refractivity (Wildman–Crippen MR) is 84.1 cm³/mol. The first-order valence-electron chi connectivity index (χ1n) is 6.19. The third-order valence-electron chi connectivity index (χ3n) is 2.89. The van der Waals surface area contributed by atoms with Crippen LogP contribution in [0.2, 0.25) is 15.1 Å². The molecule has 1 heterocycles. The number of aliphatic hydroxyl groups excluding tert-OH is 1. The van der Waals surface area contributed by atoms with Crippen LogP contribution in [0.25, 0.3) is 0 Å². The molecule has 0 atom stereocenters. The first-order chi connectivity index (χ1) is 10.0. The quantitative estimate of drug-likeness (QED) is 0.868. The van der Waals surface area contributed by atoms with Crippen molar-refractivity contribution in [3.8, 4) is 0 Å². The van der Waals surface area contributed by atoms with Gasteiger partial charge in [-0.05, 0) is 23.8 Å². The van der Waals surface area contributed by atoms with Crippen molar-refractivity contribution in [2.45, 2.75) is 6.54 Å². The van der Waals surface area contributed by atoms with Gasteiger partial charge in [0.05, 0.1) is 21.7 Å². The van der Waals surface area contributed by atoms with Gasteiger partial charge in [-0.15, -0.1) is 0 Å². The SMILES string of the molecule is O=C(c1cc(Cl)c[nH]1)N(CCO)Cc1ccc(Cl)c(Cl)c1. The Morgan fingerprint density at radius 1 is 1.19 bits per heavy atom. The lowest BCUT2D eigenvalue weighted by Gasteiger charge is -2.21. The van der Waals surface area contributed by atoms with Gasteiger partial charge >= 0.3 is 0 Å². The summed E-state index contributed by atoms with van der Waals surface area (Å²) in [4.78, 5) is 16.7. The number of hydrogen-bond acceptors (Lipinski definition) is 2. The van der Waals surface area contributed by atoms with Crippen molar-refractivity contribution in [1.29, 1.82) is 0 Å². The van der Waals surface area contributed by atoms with E-state index in [4.69, 9.17) is 39.9 Å². The molecule has 0 aliphatic rings. The van der Waals surface area contributed by atoms with Gasteiger partial charge < -0.3 is 15.0 Å². The summed E-state index contributed by atoms with van der Waals surface area (Å²) in [6, 6.07) is 6.70. The van der Waals surface area contributed by atoms with E-state index in [1.807, 2.05) is 0 Å². The van der Waals surface area contributed by atoms with E-state index in [1.165, 1.54) is 11.1 Å². The molecule has 7 heteroatoms. The summed E-state index contributed by atoms with van der Waals surface area (Å²) >= 11 is 17.6. The number of aliphatic hydroxyl groups is 1. The largest absolute Gasteiger partial charge is 0.395 e. The van der Waals surface area contributed by atoms with Gasteiger partial charge in [0.25, 0.3) is 5.91 Å². The number of benzene rings is 1. The maximum Gasteiger partial charge on any atom is 0.270 e. The van der Waals surface area contributed by atoms with Gasteiger partial charge in [-0.2, -0.15) is 0 Å². The summed E-state index contributed by atoms with van der Waals surface area (Å²) in [5.74, 6) is -0.248. The van der Waals surface area contributed by atoms with Gasteiger partial charge in [0.15, 0.2) is 0 Å². The normalized spacial score (nSPS) is 10.7. The minimum atomic E-state index is -0.248. The van der Waals surface area contributed by atoms with Crippen LogP contribution in [0.1, 0.15) is 16.1 Å². The summed E-state index contributed by atoms with van der Waals surface area (Å²) in [7, 11) is 0. The Labute approximate surface area is 137 Å². The third-order valence-corrected chi connectivity index (χ3v) is 3.85. The highest BCUT2D eigenvalue weighted by atomic mass is 35.5. The van der Waals surface area contributed by atoms with E-state index in [1.54, 1.807) is 24.3 Å². The number of nitrogens with one attached hydrogen (secondary N) is 1. The zero-order chi connectivity index (χ0) is 15.4. The maximum absolute atomic E-state index is 12.4. The molecule has 0 spiro atoms. The van der Waals surface area contributed by atoms with Crippen LogP contribution in [0.5, 0.6) is 0 Å². The molecule has 0 saturated carbocycles. The number of rotatable bonds is 5. The minimum Gasteiger partial charge on any atom is -0.395 e. The summed E-state index contributed by atoms with van der Waals surface area (Å²) in [6.07, 6.45) is 1.53. The maximum atomic E-state index is 12.4. The number of H-pyrrole nitrogens is 1. The fourth-order valence-electron chi connectivity index (χ4n) is 1.89. The van der Waals surface area contributed by atoms with Crippen molar-refractivity contribution >= 4 is 40.7 Å². The summed E-state index contributed by atoms with van der Waals surface area (Å²) in [5, 5.41) is 10.5. The highest BCUT2D eigenvalue weighted by Gasteiger charge is 2.17. The molecule has 1 amide bonds. The molecule has 4 nitrogen and oxygen atoms in total. The van der Waals surface area contributed by atoms with E-state index < -0.39 is 0 Å². The van der Waals surface area contributed by atoms with Crippen molar-refractivity contribution in [3.63, 3.8) is 0 Å². The molecule has 112 valence electrons. The molecule has 0 fully saturated rings. The lowest BCUT2D eigenvalue weighted by atomic mass is 10.2. The first kappa shape index (κ1) is 16.2. The molecule has 2 N–H and O–H groups in total. The number of amides is 1. The third kappa shape index (κ3) is 4.14. The Bertz CT molecular complexity index is 643. The summed E-state index contributed by atoms with van der Waals surface area (Å²) in [6.45, 7) is 0.379. The monoisotopic (exact) mass is 346 g/mol. The fraction of sp³-hybridized carbons (Fsp3) is 0.214. The smallest absolute Gasteiger partial charge is 0.270 e. The van der Waals surface area contributed by atoms with E-state index in [2.05, 4.69) is 4.98 Å². The Hall–Kier alpha value is -1.20. The molecular formula is C14H13Cl3N2O2. The number of aromatic nitrogens is 1. The number of halogens is 3. The van der Waals surface area contributed by atoms with Crippen LogP contribution in [-0.4, -0.2) is 34.0 Å². The molecule has 2 aromatic rings. The van der Waals surface area contributed by atoms with Crippen LogP contribution in [0.3, 0.4) is 0 Å². The molecule has 1 aromatic heterocycles. The number of hydrogen-bond donors (Lipinski definition) is 2. The van der Waals surface area contributed by atoms with Gasteiger partial charge in [-0.1, -0.05) is 40.9 Å². The van der Waals surface area contributed by atoms with Gasteiger partial charge in [-0.3, -0.25) is 4.79 Å². The first-order valence-corrected chi connectivity index (χ1v) is 7.32. The van der Waals surface area contributed by atoms with E-state index in [-0.39, 0.29) is 19.1 Å². The van der Waals surface area contributed by atoms with Crippen LogP contribution in [0.15, 0.2) is 30.5 Å². The highest BCUT2D eigenvalue weighted by Crippen LogP contribution is 2.23. The lowest BCUT2D eigenvalue weighted by molar-refractivity contribution is 0.0702. The molecule has 0 bridgehead atoms. The summed E-state index contributed by atoms with van der Waals surface area (Å²) < 4.78 is 0. The molecule has 2 rings (SSSR count).